The summed E-state index contributed by atoms with van der Waals surface area (Å²) in [5.41, 5.74) is 8.24. The van der Waals surface area contributed by atoms with Crippen LogP contribution in [-0.2, 0) is 35.2 Å². The molecule has 1 fully saturated rings. The first kappa shape index (κ1) is 40.3. The van der Waals surface area contributed by atoms with Gasteiger partial charge in [-0.05, 0) is 69.6 Å². The van der Waals surface area contributed by atoms with Crippen molar-refractivity contribution in [3.8, 4) is 11.5 Å². The molecule has 0 saturated heterocycles. The summed E-state index contributed by atoms with van der Waals surface area (Å²) in [6, 6.07) is 9.78. The summed E-state index contributed by atoms with van der Waals surface area (Å²) in [6.07, 6.45) is 9.67. The van der Waals surface area contributed by atoms with E-state index in [0.29, 0.717) is 10.5 Å². The summed E-state index contributed by atoms with van der Waals surface area (Å²) in [6.45, 7) is 32.3. The van der Waals surface area contributed by atoms with Crippen LogP contribution >= 0.6 is 21.0 Å². The number of hydrogen-bond acceptors (Lipinski definition) is 2. The third kappa shape index (κ3) is 11.0. The van der Waals surface area contributed by atoms with Gasteiger partial charge in [-0.3, -0.25) is 0 Å². The molecule has 2 aromatic carbocycles. The Bertz CT molecular complexity index is 1400. The van der Waals surface area contributed by atoms with Gasteiger partial charge in [0.25, 0.3) is 0 Å². The Kier molecular flexibility index (Phi) is 12.2. The van der Waals surface area contributed by atoms with Crippen LogP contribution in [-0.4, -0.2) is 28.0 Å². The van der Waals surface area contributed by atoms with E-state index >= 15 is 0 Å². The molecule has 4 heteroatoms. The highest BCUT2D eigenvalue weighted by atomic mass is 32.2. The van der Waals surface area contributed by atoms with Gasteiger partial charge in [-0.1, -0.05) is 145 Å². The number of ether oxygens (including phenoxy) is 2. The molecular formula is C45H72O2S2. The number of benzene rings is 2. The molecule has 4 unspecified atom stereocenters. The third-order valence-electron chi connectivity index (χ3n) is 10.0. The number of rotatable bonds is 2. The van der Waals surface area contributed by atoms with Crippen LogP contribution in [0.25, 0.3) is 0 Å². The highest BCUT2D eigenvalue weighted by Gasteiger charge is 2.35. The lowest BCUT2D eigenvalue weighted by molar-refractivity contribution is -0.0832. The standard InChI is InChI=1S/C45H72O2S2/c1-41(2,3)27-31-23-35(43(7,8)9)25-33-29-48(15)37-21-19-17-18-20-22-38(37)49(16)30-34-26-36(44(10,11)12)24-32(28-42(4,5)6)40(34)47-45(13,14)46-39(31)33/h23-26,37-38H,15-22,27-30H2,1-14H3. The van der Waals surface area contributed by atoms with Crippen LogP contribution in [0.1, 0.15) is 169 Å². The Balaban J connectivity index is 2.04. The van der Waals surface area contributed by atoms with Gasteiger partial charge in [-0.15, -0.1) is 0 Å². The van der Waals surface area contributed by atoms with E-state index in [-0.39, 0.29) is 42.6 Å². The van der Waals surface area contributed by atoms with Gasteiger partial charge in [-0.25, -0.2) is 0 Å². The molecule has 0 bridgehead atoms. The van der Waals surface area contributed by atoms with Gasteiger partial charge >= 0.3 is 0 Å². The van der Waals surface area contributed by atoms with Crippen molar-refractivity contribution in [2.45, 2.75) is 187 Å². The SMILES string of the molecule is C=S1Cc2cc(C(C)(C)C)cc(CC(C)(C)C)c2OC(C)(C)Oc2c(cc(C(C)(C)C)cc2CC(C)(C)C)CS(=C)C2CCCCCCC21. The molecule has 4 rings (SSSR count). The van der Waals surface area contributed by atoms with Crippen molar-refractivity contribution in [2.75, 3.05) is 0 Å². The van der Waals surface area contributed by atoms with Crippen LogP contribution in [0.3, 0.4) is 0 Å². The summed E-state index contributed by atoms with van der Waals surface area (Å²) >= 11 is 0. The minimum atomic E-state index is -0.884. The lowest BCUT2D eigenvalue weighted by atomic mass is 9.81. The third-order valence-corrected chi connectivity index (χ3v) is 14.4. The van der Waals surface area contributed by atoms with E-state index in [0.717, 1.165) is 35.8 Å². The fourth-order valence-electron chi connectivity index (χ4n) is 7.56. The lowest BCUT2D eigenvalue weighted by Crippen LogP contribution is -2.37. The van der Waals surface area contributed by atoms with Crippen LogP contribution in [0.15, 0.2) is 24.3 Å². The fraction of sp³-hybridized carbons (Fsp3) is 0.689. The molecule has 4 atom stereocenters. The first-order chi connectivity index (χ1) is 22.3. The van der Waals surface area contributed by atoms with E-state index in [1.54, 1.807) is 0 Å². The van der Waals surface area contributed by atoms with Crippen molar-refractivity contribution < 1.29 is 9.47 Å². The van der Waals surface area contributed by atoms with E-state index in [9.17, 15) is 0 Å². The normalized spacial score (nSPS) is 24.3. The largest absolute Gasteiger partial charge is 0.452 e. The average molecular weight is 709 g/mol. The highest BCUT2D eigenvalue weighted by Crippen LogP contribution is 2.48. The van der Waals surface area contributed by atoms with E-state index in [1.807, 2.05) is 0 Å². The van der Waals surface area contributed by atoms with Crippen LogP contribution in [0.4, 0.5) is 0 Å². The first-order valence-corrected chi connectivity index (χ1v) is 22.3. The van der Waals surface area contributed by atoms with Crippen LogP contribution in [0.5, 0.6) is 11.5 Å². The zero-order chi connectivity index (χ0) is 36.7. The Labute approximate surface area is 307 Å². The molecule has 1 saturated carbocycles. The van der Waals surface area contributed by atoms with Crippen molar-refractivity contribution in [3.05, 3.63) is 57.6 Å². The molecule has 0 radical (unpaired) electrons. The van der Waals surface area contributed by atoms with E-state index in [1.165, 1.54) is 71.9 Å². The second-order valence-electron chi connectivity index (χ2n) is 20.3. The predicted octanol–water partition coefficient (Wildman–Crippen LogP) is 13.2. The van der Waals surface area contributed by atoms with Gasteiger partial charge in [0.05, 0.1) is 0 Å². The molecule has 2 nitrogen and oxygen atoms in total. The van der Waals surface area contributed by atoms with Gasteiger partial charge < -0.3 is 9.47 Å². The molecule has 1 aliphatic heterocycles. The van der Waals surface area contributed by atoms with Crippen molar-refractivity contribution >= 4 is 32.7 Å². The Morgan fingerprint density at radius 1 is 0.592 bits per heavy atom. The maximum Gasteiger partial charge on any atom is 0.245 e. The Morgan fingerprint density at radius 3 is 1.24 bits per heavy atom. The summed E-state index contributed by atoms with van der Waals surface area (Å²) in [5.74, 6) is 13.1. The molecular weight excluding hydrogens is 637 g/mol. The Hall–Kier alpha value is -1.52. The van der Waals surface area contributed by atoms with Gasteiger partial charge in [0.1, 0.15) is 11.5 Å². The predicted molar refractivity (Wildman–Crippen MR) is 224 cm³/mol. The van der Waals surface area contributed by atoms with E-state index in [2.05, 4.69) is 121 Å². The summed E-state index contributed by atoms with van der Waals surface area (Å²) in [5, 5.41) is 1.13. The zero-order valence-electron chi connectivity index (χ0n) is 34.1. The van der Waals surface area contributed by atoms with Crippen molar-refractivity contribution in [3.63, 3.8) is 0 Å². The minimum absolute atomic E-state index is 0.0305. The Morgan fingerprint density at radius 2 is 0.939 bits per heavy atom. The second-order valence-corrected chi connectivity index (χ2v) is 24.2. The number of fused-ring (bicyclic) bond motifs is 3. The molecule has 1 aliphatic carbocycles. The van der Waals surface area contributed by atoms with E-state index < -0.39 is 5.79 Å². The van der Waals surface area contributed by atoms with Gasteiger partial charge in [0, 0.05) is 47.0 Å². The molecule has 49 heavy (non-hydrogen) atoms. The molecule has 2 aliphatic rings. The molecule has 0 aromatic heterocycles. The van der Waals surface area contributed by atoms with Crippen LogP contribution in [0.2, 0.25) is 0 Å². The average Bonchev–Trinajstić information content (AvgIpc) is 2.88. The molecule has 2 aromatic rings. The van der Waals surface area contributed by atoms with Crippen molar-refractivity contribution in [1.82, 2.24) is 0 Å². The topological polar surface area (TPSA) is 18.5 Å². The monoisotopic (exact) mass is 708 g/mol. The quantitative estimate of drug-likeness (QED) is 0.289. The second kappa shape index (κ2) is 14.8. The van der Waals surface area contributed by atoms with Crippen molar-refractivity contribution in [1.29, 1.82) is 0 Å². The zero-order valence-corrected chi connectivity index (χ0v) is 35.7. The molecule has 1 heterocycles. The number of hydrogen-bond donors (Lipinski definition) is 0. The van der Waals surface area contributed by atoms with Gasteiger partial charge in [0.15, 0.2) is 0 Å². The maximum absolute atomic E-state index is 7.28. The smallest absolute Gasteiger partial charge is 0.245 e. The van der Waals surface area contributed by atoms with Gasteiger partial charge in [0.2, 0.25) is 5.79 Å². The summed E-state index contributed by atoms with van der Waals surface area (Å²) in [7, 11) is -0.126. The fourth-order valence-corrected chi connectivity index (χ4v) is 12.3. The van der Waals surface area contributed by atoms with E-state index in [4.69, 9.17) is 21.2 Å². The van der Waals surface area contributed by atoms with Gasteiger partial charge in [-0.2, -0.15) is 21.0 Å². The summed E-state index contributed by atoms with van der Waals surface area (Å²) in [4.78, 5) is 0. The maximum atomic E-state index is 7.28. The highest BCUT2D eigenvalue weighted by molar-refractivity contribution is 8.17. The first-order valence-electron chi connectivity index (χ1n) is 19.0. The molecule has 276 valence electrons. The van der Waals surface area contributed by atoms with Crippen LogP contribution < -0.4 is 9.47 Å². The van der Waals surface area contributed by atoms with Crippen molar-refractivity contribution in [2.24, 2.45) is 10.8 Å². The molecule has 0 amide bonds. The molecule has 0 spiro atoms. The van der Waals surface area contributed by atoms with Crippen LogP contribution in [0, 0.1) is 10.8 Å². The minimum Gasteiger partial charge on any atom is -0.452 e. The summed E-state index contributed by atoms with van der Waals surface area (Å²) < 4.78 is 14.6. The lowest BCUT2D eigenvalue weighted by Gasteiger charge is -2.35. The molecule has 0 N–H and O–H groups in total.